The molecule has 0 spiro atoms. The zero-order valence-corrected chi connectivity index (χ0v) is 17.3. The van der Waals surface area contributed by atoms with Gasteiger partial charge >= 0.3 is 0 Å². The summed E-state index contributed by atoms with van der Waals surface area (Å²) in [7, 11) is 0. The third-order valence-electron chi connectivity index (χ3n) is 6.07. The normalized spacial score (nSPS) is 26.4. The molecule has 0 amide bonds. The zero-order valence-electron chi connectivity index (χ0n) is 16.5. The van der Waals surface area contributed by atoms with Crippen molar-refractivity contribution in [1.29, 1.82) is 0 Å². The van der Waals surface area contributed by atoms with Gasteiger partial charge in [-0.1, -0.05) is 42.9 Å². The Balaban J connectivity index is 1.34. The van der Waals surface area contributed by atoms with Crippen molar-refractivity contribution in [2.24, 2.45) is 11.8 Å². The van der Waals surface area contributed by atoms with Gasteiger partial charge in [0.2, 0.25) is 0 Å². The summed E-state index contributed by atoms with van der Waals surface area (Å²) in [6, 6.07) is 9.75. The summed E-state index contributed by atoms with van der Waals surface area (Å²) in [5, 5.41) is 7.88. The molecule has 152 valence electrons. The Morgan fingerprint density at radius 3 is 2.97 bits per heavy atom. The topological polar surface area (TPSA) is 56.9 Å². The van der Waals surface area contributed by atoms with Gasteiger partial charge in [0, 0.05) is 36.5 Å². The van der Waals surface area contributed by atoms with E-state index < -0.39 is 0 Å². The van der Waals surface area contributed by atoms with E-state index in [2.05, 4.69) is 40.4 Å². The summed E-state index contributed by atoms with van der Waals surface area (Å²) in [5.74, 6) is 1.54. The first-order valence-corrected chi connectivity index (χ1v) is 10.8. The van der Waals surface area contributed by atoms with Crippen molar-refractivity contribution in [2.45, 2.75) is 30.7 Å². The molecule has 29 heavy (non-hydrogen) atoms. The van der Waals surface area contributed by atoms with Crippen LogP contribution in [0.2, 0.25) is 0 Å². The van der Waals surface area contributed by atoms with Crippen LogP contribution >= 0.6 is 11.6 Å². The molecule has 2 aliphatic rings. The van der Waals surface area contributed by atoms with Crippen LogP contribution in [0.25, 0.3) is 10.9 Å². The highest BCUT2D eigenvalue weighted by Gasteiger charge is 2.27. The van der Waals surface area contributed by atoms with Gasteiger partial charge in [-0.15, -0.1) is 18.2 Å². The molecule has 2 unspecified atom stereocenters. The van der Waals surface area contributed by atoms with E-state index in [4.69, 9.17) is 11.6 Å². The first-order valence-electron chi connectivity index (χ1n) is 10.4. The first kappa shape index (κ1) is 20.0. The molecule has 5 heteroatoms. The Labute approximate surface area is 176 Å². The number of halogens is 1. The van der Waals surface area contributed by atoms with E-state index >= 15 is 0 Å². The van der Waals surface area contributed by atoms with Gasteiger partial charge < -0.3 is 15.6 Å². The van der Waals surface area contributed by atoms with E-state index in [1.807, 2.05) is 30.3 Å². The number of H-pyrrole nitrogens is 1. The van der Waals surface area contributed by atoms with E-state index in [0.29, 0.717) is 12.0 Å². The molecule has 2 aromatic rings. The number of aromatic nitrogens is 1. The molecule has 1 aromatic carbocycles. The van der Waals surface area contributed by atoms with E-state index in [9.17, 15) is 4.79 Å². The number of hydrogen-bond donors (Lipinski definition) is 3. The number of pyridine rings is 1. The van der Waals surface area contributed by atoms with Crippen molar-refractivity contribution in [3.63, 3.8) is 0 Å². The molecule has 0 saturated heterocycles. The van der Waals surface area contributed by atoms with Crippen molar-refractivity contribution in [2.75, 3.05) is 18.4 Å². The summed E-state index contributed by atoms with van der Waals surface area (Å²) in [6.45, 7) is 5.51. The number of alkyl halides is 1. The predicted molar refractivity (Wildman–Crippen MR) is 123 cm³/mol. The fourth-order valence-corrected chi connectivity index (χ4v) is 4.72. The minimum Gasteiger partial charge on any atom is -0.371 e. The number of rotatable bonds is 7. The number of fused-ring (bicyclic) bond motifs is 1. The molecule has 1 fully saturated rings. The maximum atomic E-state index is 12.3. The number of para-hydroxylation sites is 1. The third kappa shape index (κ3) is 4.65. The lowest BCUT2D eigenvalue weighted by molar-refractivity contribution is 0.428. The molecule has 0 radical (unpaired) electrons. The van der Waals surface area contributed by atoms with Crippen molar-refractivity contribution in [3.8, 4) is 0 Å². The van der Waals surface area contributed by atoms with Crippen molar-refractivity contribution in [1.82, 2.24) is 10.3 Å². The summed E-state index contributed by atoms with van der Waals surface area (Å²) in [6.07, 6.45) is 11.9. The standard InChI is InChI=1S/C24H28ClN3O/c1-2-17-11-10-16(12-20(17)25)14-26-21-9-5-6-18(21)15-27-24-13-23(29)19-7-3-4-8-22(19)28-24/h2-4,7-8,10-13,17-18,20-21,26H,1,5-6,9,14-15H2,(H2,27,28,29)/t17?,18-,20?,21-/m1/s1. The number of aromatic amines is 1. The van der Waals surface area contributed by atoms with Crippen molar-refractivity contribution < 1.29 is 0 Å². The number of nitrogens with one attached hydrogen (secondary N) is 3. The van der Waals surface area contributed by atoms with E-state index in [-0.39, 0.29) is 16.7 Å². The maximum Gasteiger partial charge on any atom is 0.191 e. The fraction of sp³-hybridized carbons (Fsp3) is 0.375. The van der Waals surface area contributed by atoms with Crippen LogP contribution in [-0.4, -0.2) is 29.5 Å². The van der Waals surface area contributed by atoms with Crippen LogP contribution in [0, 0.1) is 11.8 Å². The molecular weight excluding hydrogens is 382 g/mol. The van der Waals surface area contributed by atoms with Crippen LogP contribution in [0.15, 0.2) is 71.6 Å². The summed E-state index contributed by atoms with van der Waals surface area (Å²) in [4.78, 5) is 15.6. The average molecular weight is 410 g/mol. The SMILES string of the molecule is C=CC1C=CC(CN[C@@H]2CCC[C@@H]2CNc2cc(=O)c3ccccc3[nH]2)=CC1Cl. The highest BCUT2D eigenvalue weighted by Crippen LogP contribution is 2.27. The summed E-state index contributed by atoms with van der Waals surface area (Å²) in [5.41, 5.74) is 2.15. The van der Waals surface area contributed by atoms with Crippen LogP contribution in [0.4, 0.5) is 5.82 Å². The van der Waals surface area contributed by atoms with Gasteiger partial charge in [-0.3, -0.25) is 4.79 Å². The lowest BCUT2D eigenvalue weighted by atomic mass is 9.96. The third-order valence-corrected chi connectivity index (χ3v) is 6.48. The Kier molecular flexibility index (Phi) is 6.22. The minimum absolute atomic E-state index is 0.0138. The van der Waals surface area contributed by atoms with Crippen molar-refractivity contribution in [3.05, 3.63) is 77.0 Å². The number of hydrogen-bond acceptors (Lipinski definition) is 3. The zero-order chi connectivity index (χ0) is 20.2. The molecule has 3 N–H and O–H groups in total. The first-order chi connectivity index (χ1) is 14.1. The molecule has 4 atom stereocenters. The number of anilines is 1. The molecule has 1 heterocycles. The molecule has 0 aliphatic heterocycles. The van der Waals surface area contributed by atoms with Gasteiger partial charge in [-0.25, -0.2) is 0 Å². The van der Waals surface area contributed by atoms with Crippen LogP contribution in [-0.2, 0) is 0 Å². The highest BCUT2D eigenvalue weighted by molar-refractivity contribution is 6.22. The van der Waals surface area contributed by atoms with Gasteiger partial charge in [0.1, 0.15) is 5.82 Å². The Hall–Kier alpha value is -2.30. The van der Waals surface area contributed by atoms with Gasteiger partial charge in [0.25, 0.3) is 0 Å². The van der Waals surface area contributed by atoms with Crippen LogP contribution in [0.1, 0.15) is 19.3 Å². The van der Waals surface area contributed by atoms with E-state index in [0.717, 1.165) is 29.8 Å². The smallest absolute Gasteiger partial charge is 0.191 e. The fourth-order valence-electron chi connectivity index (χ4n) is 4.37. The summed E-state index contributed by atoms with van der Waals surface area (Å²) >= 11 is 6.41. The van der Waals surface area contributed by atoms with Crippen LogP contribution < -0.4 is 16.1 Å². The van der Waals surface area contributed by atoms with Crippen molar-refractivity contribution >= 4 is 28.3 Å². The summed E-state index contributed by atoms with van der Waals surface area (Å²) < 4.78 is 0. The lowest BCUT2D eigenvalue weighted by Gasteiger charge is -2.24. The molecule has 2 aliphatic carbocycles. The Morgan fingerprint density at radius 2 is 2.14 bits per heavy atom. The number of allylic oxidation sites excluding steroid dienone is 3. The quantitative estimate of drug-likeness (QED) is 0.462. The molecule has 1 saturated carbocycles. The second kappa shape index (κ2) is 9.02. The van der Waals surface area contributed by atoms with Crippen LogP contribution in [0.3, 0.4) is 0 Å². The van der Waals surface area contributed by atoms with E-state index in [1.165, 1.54) is 24.8 Å². The van der Waals surface area contributed by atoms with Gasteiger partial charge in [0.05, 0.1) is 10.9 Å². The molecule has 4 rings (SSSR count). The maximum absolute atomic E-state index is 12.3. The Bertz CT molecular complexity index is 993. The lowest BCUT2D eigenvalue weighted by Crippen LogP contribution is -2.37. The highest BCUT2D eigenvalue weighted by atomic mass is 35.5. The molecular formula is C24H28ClN3O. The number of benzene rings is 1. The van der Waals surface area contributed by atoms with Gasteiger partial charge in [0.15, 0.2) is 5.43 Å². The predicted octanol–water partition coefficient (Wildman–Crippen LogP) is 4.60. The van der Waals surface area contributed by atoms with Crippen LogP contribution in [0.5, 0.6) is 0 Å². The second-order valence-corrected chi connectivity index (χ2v) is 8.51. The van der Waals surface area contributed by atoms with E-state index in [1.54, 1.807) is 6.07 Å². The largest absolute Gasteiger partial charge is 0.371 e. The van der Waals surface area contributed by atoms with Gasteiger partial charge in [-0.2, -0.15) is 0 Å². The average Bonchev–Trinajstić information content (AvgIpc) is 3.18. The van der Waals surface area contributed by atoms with Gasteiger partial charge in [-0.05, 0) is 36.5 Å². The second-order valence-electron chi connectivity index (χ2n) is 8.01. The molecule has 0 bridgehead atoms. The molecule has 1 aromatic heterocycles. The molecule has 4 nitrogen and oxygen atoms in total. The monoisotopic (exact) mass is 409 g/mol. The Morgan fingerprint density at radius 1 is 1.28 bits per heavy atom. The minimum atomic E-state index is -0.0138.